The van der Waals surface area contributed by atoms with E-state index in [1.165, 1.54) is 6.42 Å². The second-order valence-electron chi connectivity index (χ2n) is 14.2. The lowest BCUT2D eigenvalue weighted by Crippen LogP contribution is -2.42. The van der Waals surface area contributed by atoms with Crippen molar-refractivity contribution in [2.45, 2.75) is 92.1 Å². The van der Waals surface area contributed by atoms with Crippen LogP contribution in [0.5, 0.6) is 0 Å². The minimum Gasteiger partial charge on any atom is -0.461 e. The first-order chi connectivity index (χ1) is 21.9. The van der Waals surface area contributed by atoms with Crippen molar-refractivity contribution >= 4 is 17.6 Å². The third kappa shape index (κ3) is 7.78. The number of ether oxygens (including phenoxy) is 2. The average Bonchev–Trinajstić information content (AvgIpc) is 3.46. The van der Waals surface area contributed by atoms with Gasteiger partial charge in [0.05, 0.1) is 17.4 Å². The maximum Gasteiger partial charge on any atom is 0.340 e. The first kappa shape index (κ1) is 33.6. The van der Waals surface area contributed by atoms with Crippen molar-refractivity contribution in [1.82, 2.24) is 15.6 Å². The smallest absolute Gasteiger partial charge is 0.340 e. The number of carbonyl (C=O) groups is 2. The molecular formula is C38H50N4O4. The molecule has 3 aromatic rings. The van der Waals surface area contributed by atoms with Crippen molar-refractivity contribution in [3.8, 4) is 11.1 Å². The van der Waals surface area contributed by atoms with Crippen LogP contribution in [0.3, 0.4) is 0 Å². The summed E-state index contributed by atoms with van der Waals surface area (Å²) in [5, 5.41) is 6.59. The first-order valence-corrected chi connectivity index (χ1v) is 16.6. The molecule has 2 N–H and O–H groups in total. The highest BCUT2D eigenvalue weighted by Gasteiger charge is 2.41. The van der Waals surface area contributed by atoms with Crippen molar-refractivity contribution < 1.29 is 19.1 Å². The zero-order valence-electron chi connectivity index (χ0n) is 28.5. The summed E-state index contributed by atoms with van der Waals surface area (Å²) < 4.78 is 12.3. The fraction of sp³-hybridized carbons (Fsp3) is 0.500. The van der Waals surface area contributed by atoms with Gasteiger partial charge >= 0.3 is 5.97 Å². The van der Waals surface area contributed by atoms with Crippen LogP contribution in [-0.2, 0) is 20.8 Å². The highest BCUT2D eigenvalue weighted by atomic mass is 16.6. The highest BCUT2D eigenvalue weighted by Crippen LogP contribution is 2.46. The molecule has 1 spiro atoms. The number of esters is 1. The van der Waals surface area contributed by atoms with Crippen molar-refractivity contribution in [2.75, 3.05) is 31.1 Å². The van der Waals surface area contributed by atoms with E-state index in [-0.39, 0.29) is 12.0 Å². The normalized spacial score (nSPS) is 16.9. The molecule has 2 aliphatic rings. The molecule has 246 valence electrons. The molecule has 1 unspecified atom stereocenters. The summed E-state index contributed by atoms with van der Waals surface area (Å²) in [5.41, 5.74) is 6.60. The summed E-state index contributed by atoms with van der Waals surface area (Å²) in [6, 6.07) is 17.6. The number of aromatic nitrogens is 1. The molecule has 0 saturated carbocycles. The van der Waals surface area contributed by atoms with Crippen LogP contribution in [0.4, 0.5) is 5.69 Å². The van der Waals surface area contributed by atoms with Gasteiger partial charge in [0.2, 0.25) is 0 Å². The molecule has 1 aromatic heterocycles. The molecule has 3 heterocycles. The lowest BCUT2D eigenvalue weighted by atomic mass is 9.77. The minimum atomic E-state index is -0.948. The van der Waals surface area contributed by atoms with Gasteiger partial charge in [-0.1, -0.05) is 42.5 Å². The highest BCUT2D eigenvalue weighted by molar-refractivity contribution is 5.95. The number of anilines is 1. The Morgan fingerprint density at radius 3 is 2.24 bits per heavy atom. The number of rotatable bonds is 9. The topological polar surface area (TPSA) is 92.8 Å². The maximum absolute atomic E-state index is 13.8. The molecular weight excluding hydrogens is 576 g/mol. The number of nitrogens with one attached hydrogen (secondary N) is 2. The number of nitrogens with zero attached hydrogens (tertiary/aromatic N) is 2. The predicted molar refractivity (Wildman–Crippen MR) is 183 cm³/mol. The second kappa shape index (κ2) is 13.9. The van der Waals surface area contributed by atoms with Crippen LogP contribution in [0.1, 0.15) is 92.9 Å². The molecule has 0 aliphatic carbocycles. The maximum atomic E-state index is 13.8. The Kier molecular flexibility index (Phi) is 10.2. The lowest BCUT2D eigenvalue weighted by molar-refractivity contribution is -0.171. The molecule has 2 aromatic carbocycles. The van der Waals surface area contributed by atoms with E-state index in [1.54, 1.807) is 0 Å². The average molecular weight is 627 g/mol. The van der Waals surface area contributed by atoms with Crippen LogP contribution in [-0.4, -0.2) is 54.7 Å². The predicted octanol–water partition coefficient (Wildman–Crippen LogP) is 6.68. The Labute approximate surface area is 274 Å². The van der Waals surface area contributed by atoms with Crippen molar-refractivity contribution in [3.05, 3.63) is 82.7 Å². The van der Waals surface area contributed by atoms with Crippen LogP contribution >= 0.6 is 0 Å². The third-order valence-corrected chi connectivity index (χ3v) is 9.08. The van der Waals surface area contributed by atoms with Gasteiger partial charge in [-0.3, -0.25) is 9.78 Å². The van der Waals surface area contributed by atoms with Crippen LogP contribution in [0.15, 0.2) is 54.6 Å². The zero-order valence-corrected chi connectivity index (χ0v) is 28.5. The van der Waals surface area contributed by atoms with E-state index < -0.39 is 17.7 Å². The van der Waals surface area contributed by atoms with Crippen molar-refractivity contribution in [1.29, 1.82) is 0 Å². The first-order valence-electron chi connectivity index (χ1n) is 16.6. The largest absolute Gasteiger partial charge is 0.461 e. The molecule has 5 rings (SSSR count). The van der Waals surface area contributed by atoms with Crippen LogP contribution < -0.4 is 15.5 Å². The Morgan fingerprint density at radius 2 is 1.65 bits per heavy atom. The number of benzene rings is 2. The van der Waals surface area contributed by atoms with Gasteiger partial charge in [0, 0.05) is 54.3 Å². The molecule has 2 saturated heterocycles. The summed E-state index contributed by atoms with van der Waals surface area (Å²) in [6.45, 7) is 17.9. The molecule has 1 amide bonds. The van der Waals surface area contributed by atoms with Crippen LogP contribution in [0.25, 0.3) is 11.1 Å². The van der Waals surface area contributed by atoms with Crippen LogP contribution in [0.2, 0.25) is 0 Å². The molecule has 2 fully saturated rings. The summed E-state index contributed by atoms with van der Waals surface area (Å²) in [4.78, 5) is 34.3. The van der Waals surface area contributed by atoms with E-state index in [9.17, 15) is 9.59 Å². The Bertz CT molecular complexity index is 1510. The Hall–Kier alpha value is -3.75. The van der Waals surface area contributed by atoms with E-state index in [0.717, 1.165) is 78.3 Å². The van der Waals surface area contributed by atoms with Crippen LogP contribution in [0, 0.1) is 19.3 Å². The molecule has 46 heavy (non-hydrogen) atoms. The molecule has 1 atom stereocenters. The molecule has 0 bridgehead atoms. The number of pyridine rings is 1. The van der Waals surface area contributed by atoms with Gasteiger partial charge in [-0.05, 0) is 103 Å². The van der Waals surface area contributed by atoms with Gasteiger partial charge in [-0.25, -0.2) is 4.79 Å². The molecule has 0 radical (unpaired) electrons. The third-order valence-electron chi connectivity index (χ3n) is 9.08. The SMILES string of the molecule is Cc1nc(C)c(C(OC(C)(C)C)C(=O)OC(C)C)c(N2CCC3(CCNC3)CC2)c1-c1ccc(C(=O)NCc2ccccc2)cc1. The molecule has 8 heteroatoms. The van der Waals surface area contributed by atoms with Crippen molar-refractivity contribution in [3.63, 3.8) is 0 Å². The van der Waals surface area contributed by atoms with E-state index >= 15 is 0 Å². The lowest BCUT2D eigenvalue weighted by Gasteiger charge is -2.42. The number of hydrogen-bond donors (Lipinski definition) is 2. The fourth-order valence-electron chi connectivity index (χ4n) is 6.80. The summed E-state index contributed by atoms with van der Waals surface area (Å²) >= 11 is 0. The van der Waals surface area contributed by atoms with E-state index in [0.29, 0.717) is 17.5 Å². The number of hydrogen-bond acceptors (Lipinski definition) is 7. The molecule has 8 nitrogen and oxygen atoms in total. The van der Waals surface area contributed by atoms with Gasteiger partial charge in [0.25, 0.3) is 5.91 Å². The minimum absolute atomic E-state index is 0.128. The fourth-order valence-corrected chi connectivity index (χ4v) is 6.80. The van der Waals surface area contributed by atoms with Gasteiger partial charge in [0.15, 0.2) is 6.10 Å². The number of amides is 1. The Morgan fingerprint density at radius 1 is 0.978 bits per heavy atom. The second-order valence-corrected chi connectivity index (χ2v) is 14.2. The van der Waals surface area contributed by atoms with Gasteiger partial charge in [-0.2, -0.15) is 0 Å². The summed E-state index contributed by atoms with van der Waals surface area (Å²) in [7, 11) is 0. The van der Waals surface area contributed by atoms with E-state index in [2.05, 4.69) is 15.5 Å². The summed E-state index contributed by atoms with van der Waals surface area (Å²) in [5.74, 6) is -0.540. The number of aryl methyl sites for hydroxylation is 2. The van der Waals surface area contributed by atoms with Gasteiger partial charge in [-0.15, -0.1) is 0 Å². The Balaban J connectivity index is 1.56. The number of piperidine rings is 1. The van der Waals surface area contributed by atoms with Gasteiger partial charge in [0.1, 0.15) is 0 Å². The van der Waals surface area contributed by atoms with E-state index in [4.69, 9.17) is 14.5 Å². The van der Waals surface area contributed by atoms with E-state index in [1.807, 2.05) is 103 Å². The quantitative estimate of drug-likeness (QED) is 0.256. The van der Waals surface area contributed by atoms with Crippen molar-refractivity contribution in [2.24, 2.45) is 5.41 Å². The number of carbonyl (C=O) groups excluding carboxylic acids is 2. The standard InChI is InChI=1S/C38H50N4O4/c1-25(2)45-36(44)34(46-37(5,6)7)32-27(4)41-26(3)31(33(32)42-21-18-38(19-22-42)17-20-39-24-38)29-13-15-30(16-14-29)35(43)40-23-28-11-9-8-10-12-28/h8-16,25,34,39H,17-24H2,1-7H3,(H,40,43). The zero-order chi connectivity index (χ0) is 33.1. The summed E-state index contributed by atoms with van der Waals surface area (Å²) in [6.07, 6.45) is 2.10. The molecule has 2 aliphatic heterocycles. The van der Waals surface area contributed by atoms with Gasteiger partial charge < -0.3 is 25.0 Å². The monoisotopic (exact) mass is 626 g/mol.